The first-order chi connectivity index (χ1) is 11.9. The highest BCUT2D eigenvalue weighted by molar-refractivity contribution is 7.09. The molecule has 3 atom stereocenters. The fourth-order valence-electron chi connectivity index (χ4n) is 4.42. The molecular weight excluding hydrogens is 332 g/mol. The van der Waals surface area contributed by atoms with Gasteiger partial charge < -0.3 is 4.90 Å². The van der Waals surface area contributed by atoms with E-state index in [0.717, 1.165) is 32.4 Å². The zero-order chi connectivity index (χ0) is 18.1. The van der Waals surface area contributed by atoms with Crippen molar-refractivity contribution in [1.29, 1.82) is 0 Å². The largest absolute Gasteiger partial charge is 0.340 e. The van der Waals surface area contributed by atoms with Gasteiger partial charge >= 0.3 is 0 Å². The second-order valence-corrected chi connectivity index (χ2v) is 8.93. The predicted octanol–water partition coefficient (Wildman–Crippen LogP) is 3.00. The Morgan fingerprint density at radius 2 is 2.00 bits per heavy atom. The lowest BCUT2D eigenvalue weighted by Gasteiger charge is -2.33. The molecule has 3 heterocycles. The first-order valence-corrected chi connectivity index (χ1v) is 10.5. The third-order valence-electron chi connectivity index (χ3n) is 5.85. The summed E-state index contributed by atoms with van der Waals surface area (Å²) in [5.74, 6) is 0.305. The van der Waals surface area contributed by atoms with Crippen molar-refractivity contribution in [2.45, 2.75) is 77.2 Å². The van der Waals surface area contributed by atoms with Crippen molar-refractivity contribution in [1.82, 2.24) is 19.7 Å². The van der Waals surface area contributed by atoms with Crippen LogP contribution in [-0.2, 0) is 4.79 Å². The van der Waals surface area contributed by atoms with Gasteiger partial charge in [-0.15, -0.1) is 11.3 Å². The van der Waals surface area contributed by atoms with Crippen molar-refractivity contribution in [3.8, 4) is 0 Å². The minimum atomic E-state index is 0.0661. The van der Waals surface area contributed by atoms with E-state index in [2.05, 4.69) is 47.9 Å². The molecule has 6 heteroatoms. The molecule has 5 nitrogen and oxygen atoms in total. The Balaban J connectivity index is 1.72. The number of rotatable bonds is 5. The first kappa shape index (κ1) is 18.8. The summed E-state index contributed by atoms with van der Waals surface area (Å²) >= 11 is 1.73. The summed E-state index contributed by atoms with van der Waals surface area (Å²) in [6, 6.07) is 1.57. The molecule has 0 bridgehead atoms. The maximum atomic E-state index is 13.2. The van der Waals surface area contributed by atoms with E-state index in [-0.39, 0.29) is 12.1 Å². The average molecular weight is 365 g/mol. The number of carbonyl (C=O) groups excluding carboxylic acids is 1. The van der Waals surface area contributed by atoms with Gasteiger partial charge in [0.05, 0.1) is 12.1 Å². The lowest BCUT2D eigenvalue weighted by atomic mass is 10.1. The van der Waals surface area contributed by atoms with Crippen molar-refractivity contribution in [3.05, 3.63) is 16.6 Å². The molecular formula is C19H32N4OS. The molecule has 2 aliphatic rings. The normalized spacial score (nSPS) is 28.4. The zero-order valence-electron chi connectivity index (χ0n) is 16.2. The van der Waals surface area contributed by atoms with E-state index in [1.54, 1.807) is 11.3 Å². The highest BCUT2D eigenvalue weighted by Crippen LogP contribution is 2.37. The number of hydrogen-bond donors (Lipinski definition) is 0. The summed E-state index contributed by atoms with van der Waals surface area (Å²) in [5, 5.41) is 3.23. The van der Waals surface area contributed by atoms with Crippen molar-refractivity contribution in [2.24, 2.45) is 0 Å². The Kier molecular flexibility index (Phi) is 5.81. The summed E-state index contributed by atoms with van der Waals surface area (Å²) in [6.45, 7) is 10.9. The van der Waals surface area contributed by atoms with E-state index in [1.165, 1.54) is 5.01 Å². The molecule has 3 unspecified atom stereocenters. The molecule has 0 radical (unpaired) electrons. The molecule has 0 spiro atoms. The van der Waals surface area contributed by atoms with Crippen LogP contribution in [0.25, 0.3) is 0 Å². The monoisotopic (exact) mass is 364 g/mol. The first-order valence-electron chi connectivity index (χ1n) is 9.57. The average Bonchev–Trinajstić information content (AvgIpc) is 3.31. The Hall–Kier alpha value is -0.980. The van der Waals surface area contributed by atoms with Crippen LogP contribution < -0.4 is 0 Å². The van der Waals surface area contributed by atoms with E-state index >= 15 is 0 Å². The number of thiazole rings is 1. The van der Waals surface area contributed by atoms with Crippen LogP contribution in [0, 0.1) is 0 Å². The van der Waals surface area contributed by atoms with Gasteiger partial charge in [0.25, 0.3) is 0 Å². The van der Waals surface area contributed by atoms with E-state index in [0.29, 0.717) is 24.0 Å². The summed E-state index contributed by atoms with van der Waals surface area (Å²) in [7, 11) is 2.01. The molecule has 1 amide bonds. The second kappa shape index (κ2) is 7.72. The van der Waals surface area contributed by atoms with Gasteiger partial charge in [0.1, 0.15) is 5.01 Å². The summed E-state index contributed by atoms with van der Waals surface area (Å²) in [5.41, 5.74) is 0. The fraction of sp³-hybridized carbons (Fsp3) is 0.789. The molecule has 140 valence electrons. The SMILES string of the molecule is CC(C)N1CCCC1C(=O)N(C)C1CC(c2nccs2)N(C(C)C)C1. The van der Waals surface area contributed by atoms with Gasteiger partial charge in [-0.05, 0) is 53.5 Å². The van der Waals surface area contributed by atoms with Crippen LogP contribution >= 0.6 is 11.3 Å². The lowest BCUT2D eigenvalue weighted by Crippen LogP contribution is -2.50. The topological polar surface area (TPSA) is 39.7 Å². The van der Waals surface area contributed by atoms with E-state index in [1.807, 2.05) is 18.1 Å². The molecule has 25 heavy (non-hydrogen) atoms. The van der Waals surface area contributed by atoms with Gasteiger partial charge in [0, 0.05) is 43.3 Å². The summed E-state index contributed by atoms with van der Waals surface area (Å²) in [4.78, 5) is 24.6. The minimum absolute atomic E-state index is 0.0661. The summed E-state index contributed by atoms with van der Waals surface area (Å²) < 4.78 is 0. The molecule has 2 fully saturated rings. The van der Waals surface area contributed by atoms with Crippen molar-refractivity contribution in [2.75, 3.05) is 20.1 Å². The smallest absolute Gasteiger partial charge is 0.239 e. The van der Waals surface area contributed by atoms with Gasteiger partial charge in [-0.3, -0.25) is 14.6 Å². The van der Waals surface area contributed by atoms with Crippen molar-refractivity contribution >= 4 is 17.2 Å². The van der Waals surface area contributed by atoms with Crippen LogP contribution in [0.2, 0.25) is 0 Å². The van der Waals surface area contributed by atoms with Gasteiger partial charge in [0.2, 0.25) is 5.91 Å². The number of carbonyl (C=O) groups is 1. The molecule has 1 aromatic rings. The Morgan fingerprint density at radius 3 is 2.60 bits per heavy atom. The van der Waals surface area contributed by atoms with Gasteiger partial charge in [0.15, 0.2) is 0 Å². The van der Waals surface area contributed by atoms with Crippen molar-refractivity contribution < 1.29 is 4.79 Å². The Morgan fingerprint density at radius 1 is 1.28 bits per heavy atom. The molecule has 0 N–H and O–H groups in total. The molecule has 0 saturated carbocycles. The van der Waals surface area contributed by atoms with E-state index < -0.39 is 0 Å². The zero-order valence-corrected chi connectivity index (χ0v) is 17.0. The third kappa shape index (κ3) is 3.76. The number of aromatic nitrogens is 1. The highest BCUT2D eigenvalue weighted by Gasteiger charge is 2.42. The van der Waals surface area contributed by atoms with Crippen LogP contribution in [0.3, 0.4) is 0 Å². The van der Waals surface area contributed by atoms with Crippen LogP contribution in [0.4, 0.5) is 0 Å². The third-order valence-corrected chi connectivity index (χ3v) is 6.73. The van der Waals surface area contributed by atoms with Crippen LogP contribution in [0.15, 0.2) is 11.6 Å². The van der Waals surface area contributed by atoms with Crippen LogP contribution in [0.5, 0.6) is 0 Å². The van der Waals surface area contributed by atoms with Crippen LogP contribution in [-0.4, -0.2) is 69.9 Å². The maximum absolute atomic E-state index is 13.2. The standard InChI is InChI=1S/C19H32N4OS/c1-13(2)22-9-6-7-16(22)19(24)21(5)15-11-17(18-20-8-10-25-18)23(12-15)14(3)4/h8,10,13-17H,6-7,9,11-12H2,1-5H3. The van der Waals surface area contributed by atoms with Crippen LogP contribution in [0.1, 0.15) is 58.0 Å². The number of hydrogen-bond acceptors (Lipinski definition) is 5. The molecule has 2 aliphatic heterocycles. The molecule has 0 aromatic carbocycles. The van der Waals surface area contributed by atoms with Crippen molar-refractivity contribution in [3.63, 3.8) is 0 Å². The number of amides is 1. The Labute approximate surface area is 156 Å². The number of likely N-dealkylation sites (tertiary alicyclic amines) is 2. The summed E-state index contributed by atoms with van der Waals surface area (Å²) in [6.07, 6.45) is 5.01. The Bertz CT molecular complexity index is 574. The molecule has 3 rings (SSSR count). The lowest BCUT2D eigenvalue weighted by molar-refractivity contribution is -0.137. The number of likely N-dealkylation sites (N-methyl/N-ethyl adjacent to an activating group) is 1. The van der Waals surface area contributed by atoms with Gasteiger partial charge in [-0.25, -0.2) is 4.98 Å². The number of nitrogens with zero attached hydrogens (tertiary/aromatic N) is 4. The predicted molar refractivity (Wildman–Crippen MR) is 103 cm³/mol. The van der Waals surface area contributed by atoms with E-state index in [4.69, 9.17) is 0 Å². The van der Waals surface area contributed by atoms with Gasteiger partial charge in [-0.2, -0.15) is 0 Å². The molecule has 2 saturated heterocycles. The highest BCUT2D eigenvalue weighted by atomic mass is 32.1. The second-order valence-electron chi connectivity index (χ2n) is 8.00. The minimum Gasteiger partial charge on any atom is -0.340 e. The quantitative estimate of drug-likeness (QED) is 0.805. The maximum Gasteiger partial charge on any atom is 0.239 e. The van der Waals surface area contributed by atoms with E-state index in [9.17, 15) is 4.79 Å². The fourth-order valence-corrected chi connectivity index (χ4v) is 5.19. The molecule has 1 aromatic heterocycles. The van der Waals surface area contributed by atoms with Gasteiger partial charge in [-0.1, -0.05) is 0 Å². The molecule has 0 aliphatic carbocycles.